The van der Waals surface area contributed by atoms with Crippen LogP contribution in [0.4, 0.5) is 23.1 Å². The van der Waals surface area contributed by atoms with Crippen LogP contribution in [-0.4, -0.2) is 40.2 Å². The van der Waals surface area contributed by atoms with Gasteiger partial charge in [0, 0.05) is 42.7 Å². The molecular weight excluding hydrogens is 378 g/mol. The van der Waals surface area contributed by atoms with Crippen molar-refractivity contribution in [3.05, 3.63) is 60.4 Å². The molecule has 0 aliphatic rings. The fourth-order valence-corrected chi connectivity index (χ4v) is 3.14. The Morgan fingerprint density at radius 3 is 2.73 bits per heavy atom. The Kier molecular flexibility index (Phi) is 5.30. The molecule has 8 nitrogen and oxygen atoms in total. The molecule has 152 valence electrons. The van der Waals surface area contributed by atoms with E-state index in [1.54, 1.807) is 6.20 Å². The zero-order chi connectivity index (χ0) is 21.1. The molecule has 0 spiro atoms. The van der Waals surface area contributed by atoms with E-state index in [-0.39, 0.29) is 6.73 Å². The number of nitrogens with zero attached hydrogens (tertiary/aromatic N) is 6. The molecule has 2 heterocycles. The van der Waals surface area contributed by atoms with E-state index in [2.05, 4.69) is 57.2 Å². The van der Waals surface area contributed by atoms with Gasteiger partial charge < -0.3 is 15.0 Å². The number of nitrogens with one attached hydrogen (secondary N) is 1. The number of hydrogen-bond donors (Lipinski definition) is 1. The van der Waals surface area contributed by atoms with Crippen molar-refractivity contribution in [3.8, 4) is 5.75 Å². The molecule has 0 aliphatic carbocycles. The number of hydrogen-bond acceptors (Lipinski definition) is 7. The summed E-state index contributed by atoms with van der Waals surface area (Å²) < 4.78 is 7.29. The van der Waals surface area contributed by atoms with Gasteiger partial charge in [-0.3, -0.25) is 9.67 Å². The normalized spacial score (nSPS) is 10.8. The number of rotatable bonds is 7. The van der Waals surface area contributed by atoms with Crippen LogP contribution in [0.3, 0.4) is 0 Å². The van der Waals surface area contributed by atoms with Crippen molar-refractivity contribution < 1.29 is 4.74 Å². The quantitative estimate of drug-likeness (QED) is 0.467. The van der Waals surface area contributed by atoms with E-state index in [1.165, 1.54) is 0 Å². The van der Waals surface area contributed by atoms with Crippen molar-refractivity contribution in [3.63, 3.8) is 0 Å². The van der Waals surface area contributed by atoms with Gasteiger partial charge >= 0.3 is 0 Å². The van der Waals surface area contributed by atoms with Gasteiger partial charge in [0.2, 0.25) is 5.95 Å². The van der Waals surface area contributed by atoms with E-state index < -0.39 is 0 Å². The van der Waals surface area contributed by atoms with Gasteiger partial charge in [-0.05, 0) is 62.2 Å². The first-order valence-corrected chi connectivity index (χ1v) is 9.47. The van der Waals surface area contributed by atoms with Crippen LogP contribution >= 0.6 is 0 Å². The van der Waals surface area contributed by atoms with E-state index in [4.69, 9.17) is 4.74 Å². The predicted octanol–water partition coefficient (Wildman–Crippen LogP) is 4.22. The number of fused-ring (bicyclic) bond motifs is 1. The van der Waals surface area contributed by atoms with Gasteiger partial charge in [0.25, 0.3) is 0 Å². The number of anilines is 4. The van der Waals surface area contributed by atoms with Crippen molar-refractivity contribution in [1.29, 1.82) is 0 Å². The lowest BCUT2D eigenvalue weighted by Crippen LogP contribution is -2.12. The van der Waals surface area contributed by atoms with Crippen molar-refractivity contribution in [2.45, 2.75) is 6.92 Å². The van der Waals surface area contributed by atoms with Crippen LogP contribution in [0.25, 0.3) is 10.9 Å². The standard InChI is InChI=1S/C22H23N7O/c1-15-19-10-7-17(13-20(19)27-29(15)4)28(3)21-11-12-24-22(26-21)25-16-5-8-18(9-6-16)30-14-23-2/h5-13H,2,14H2,1,3-4H3,(H,24,25,26). The number of ether oxygens (including phenoxy) is 1. The van der Waals surface area contributed by atoms with Crippen molar-refractivity contribution in [1.82, 2.24) is 19.7 Å². The molecule has 0 saturated carbocycles. The van der Waals surface area contributed by atoms with Gasteiger partial charge in [0.1, 0.15) is 11.6 Å². The van der Waals surface area contributed by atoms with Crippen LogP contribution in [0.5, 0.6) is 5.75 Å². The molecule has 0 aliphatic heterocycles. The SMILES string of the molecule is C=NCOc1ccc(Nc2nccc(N(C)c3ccc4c(C)n(C)nc4c3)n2)cc1. The Hall–Kier alpha value is -3.94. The Balaban J connectivity index is 1.53. The van der Waals surface area contributed by atoms with Gasteiger partial charge in [-0.15, -0.1) is 0 Å². The average molecular weight is 401 g/mol. The molecule has 30 heavy (non-hydrogen) atoms. The number of aromatic nitrogens is 4. The molecule has 2 aromatic carbocycles. The lowest BCUT2D eigenvalue weighted by atomic mass is 10.2. The van der Waals surface area contributed by atoms with Crippen molar-refractivity contribution in [2.24, 2.45) is 12.0 Å². The van der Waals surface area contributed by atoms with Crippen LogP contribution in [-0.2, 0) is 7.05 Å². The second kappa shape index (κ2) is 8.20. The molecule has 0 atom stereocenters. The Labute approximate surface area is 174 Å². The first-order valence-electron chi connectivity index (χ1n) is 9.47. The number of benzene rings is 2. The summed E-state index contributed by atoms with van der Waals surface area (Å²) in [6, 6.07) is 15.6. The molecule has 1 N–H and O–H groups in total. The summed E-state index contributed by atoms with van der Waals surface area (Å²) in [7, 11) is 3.93. The summed E-state index contributed by atoms with van der Waals surface area (Å²) in [5.74, 6) is 2.01. The maximum atomic E-state index is 5.40. The summed E-state index contributed by atoms with van der Waals surface area (Å²) in [6.45, 7) is 5.70. The smallest absolute Gasteiger partial charge is 0.229 e. The van der Waals surface area contributed by atoms with E-state index in [9.17, 15) is 0 Å². The van der Waals surface area contributed by atoms with E-state index in [0.29, 0.717) is 5.95 Å². The summed E-state index contributed by atoms with van der Waals surface area (Å²) in [5.41, 5.74) is 3.97. The Morgan fingerprint density at radius 1 is 1.17 bits per heavy atom. The topological polar surface area (TPSA) is 80.5 Å². The highest BCUT2D eigenvalue weighted by Crippen LogP contribution is 2.27. The van der Waals surface area contributed by atoms with Gasteiger partial charge in [0.15, 0.2) is 6.73 Å². The molecular formula is C22H23N7O. The second-order valence-electron chi connectivity index (χ2n) is 6.85. The molecule has 0 radical (unpaired) electrons. The van der Waals surface area contributed by atoms with E-state index >= 15 is 0 Å². The highest BCUT2D eigenvalue weighted by molar-refractivity contribution is 5.85. The zero-order valence-electron chi connectivity index (χ0n) is 17.2. The molecule has 0 unspecified atom stereocenters. The van der Waals surface area contributed by atoms with Crippen LogP contribution in [0.15, 0.2) is 59.7 Å². The van der Waals surface area contributed by atoms with E-state index in [0.717, 1.165) is 39.5 Å². The lowest BCUT2D eigenvalue weighted by molar-refractivity contribution is 0.332. The monoisotopic (exact) mass is 401 g/mol. The minimum Gasteiger partial charge on any atom is -0.471 e. The van der Waals surface area contributed by atoms with Gasteiger partial charge in [0.05, 0.1) is 5.52 Å². The van der Waals surface area contributed by atoms with E-state index in [1.807, 2.05) is 54.0 Å². The fraction of sp³-hybridized carbons (Fsp3) is 0.182. The number of aliphatic imine (C=N–C) groups is 1. The third-order valence-electron chi connectivity index (χ3n) is 4.92. The first-order chi connectivity index (χ1) is 14.5. The minimum absolute atomic E-state index is 0.230. The second-order valence-corrected chi connectivity index (χ2v) is 6.85. The average Bonchev–Trinajstić information content (AvgIpc) is 3.06. The fourth-order valence-electron chi connectivity index (χ4n) is 3.14. The molecule has 4 rings (SSSR count). The molecule has 8 heteroatoms. The van der Waals surface area contributed by atoms with Gasteiger partial charge in [-0.2, -0.15) is 10.1 Å². The third kappa shape index (κ3) is 3.93. The van der Waals surface area contributed by atoms with Crippen LogP contribution < -0.4 is 15.0 Å². The van der Waals surface area contributed by atoms with Crippen molar-refractivity contribution >= 4 is 40.8 Å². The minimum atomic E-state index is 0.230. The third-order valence-corrected chi connectivity index (χ3v) is 4.92. The molecule has 4 aromatic rings. The summed E-state index contributed by atoms with van der Waals surface area (Å²) in [4.78, 5) is 14.7. The van der Waals surface area contributed by atoms with Gasteiger partial charge in [-0.1, -0.05) is 0 Å². The number of aryl methyl sites for hydroxylation is 2. The van der Waals surface area contributed by atoms with Crippen molar-refractivity contribution in [2.75, 3.05) is 24.0 Å². The van der Waals surface area contributed by atoms with Crippen LogP contribution in [0.2, 0.25) is 0 Å². The molecule has 0 amide bonds. The largest absolute Gasteiger partial charge is 0.471 e. The summed E-state index contributed by atoms with van der Waals surface area (Å²) in [6.07, 6.45) is 1.73. The van der Waals surface area contributed by atoms with Gasteiger partial charge in [-0.25, -0.2) is 4.98 Å². The summed E-state index contributed by atoms with van der Waals surface area (Å²) >= 11 is 0. The highest BCUT2D eigenvalue weighted by Gasteiger charge is 2.11. The summed E-state index contributed by atoms with van der Waals surface area (Å²) in [5, 5.41) is 8.94. The predicted molar refractivity (Wildman–Crippen MR) is 120 cm³/mol. The van der Waals surface area contributed by atoms with Crippen LogP contribution in [0.1, 0.15) is 5.69 Å². The first kappa shape index (κ1) is 19.4. The highest BCUT2D eigenvalue weighted by atomic mass is 16.5. The Morgan fingerprint density at radius 2 is 1.97 bits per heavy atom. The molecule has 2 aromatic heterocycles. The molecule has 0 fully saturated rings. The molecule has 0 saturated heterocycles. The van der Waals surface area contributed by atoms with Crippen LogP contribution in [0, 0.1) is 6.92 Å². The maximum Gasteiger partial charge on any atom is 0.229 e. The molecule has 0 bridgehead atoms. The maximum absolute atomic E-state index is 5.40. The zero-order valence-corrected chi connectivity index (χ0v) is 17.2. The lowest BCUT2D eigenvalue weighted by Gasteiger charge is -2.19. The Bertz CT molecular complexity index is 1180.